The Labute approximate surface area is 114 Å². The van der Waals surface area contributed by atoms with Gasteiger partial charge < -0.3 is 9.88 Å². The lowest BCUT2D eigenvalue weighted by Crippen LogP contribution is -2.28. The van der Waals surface area contributed by atoms with Crippen molar-refractivity contribution in [1.29, 1.82) is 0 Å². The molecule has 1 aliphatic rings. The molecule has 1 fully saturated rings. The number of imidazole rings is 1. The van der Waals surface area contributed by atoms with Crippen LogP contribution >= 0.6 is 0 Å². The fourth-order valence-electron chi connectivity index (χ4n) is 2.89. The van der Waals surface area contributed by atoms with Gasteiger partial charge in [-0.15, -0.1) is 0 Å². The topological polar surface area (TPSA) is 29.9 Å². The van der Waals surface area contributed by atoms with Gasteiger partial charge in [-0.05, 0) is 37.5 Å². The third-order valence-electron chi connectivity index (χ3n) is 4.04. The van der Waals surface area contributed by atoms with Crippen molar-refractivity contribution in [2.24, 2.45) is 0 Å². The number of nitrogens with one attached hydrogen (secondary N) is 1. The van der Waals surface area contributed by atoms with E-state index in [-0.39, 0.29) is 0 Å². The molecule has 1 atom stereocenters. The first-order valence-electron chi connectivity index (χ1n) is 7.17. The zero-order valence-electron chi connectivity index (χ0n) is 11.4. The first kappa shape index (κ1) is 12.4. The van der Waals surface area contributed by atoms with Crippen molar-refractivity contribution in [3.63, 3.8) is 0 Å². The highest BCUT2D eigenvalue weighted by molar-refractivity contribution is 5.35. The summed E-state index contributed by atoms with van der Waals surface area (Å²) < 4.78 is 2.03. The Morgan fingerprint density at radius 3 is 2.58 bits per heavy atom. The average molecular weight is 255 g/mol. The van der Waals surface area contributed by atoms with Crippen molar-refractivity contribution >= 4 is 0 Å². The summed E-state index contributed by atoms with van der Waals surface area (Å²) in [5.74, 6) is 0. The number of rotatable bonds is 4. The van der Waals surface area contributed by atoms with Gasteiger partial charge in [0.1, 0.15) is 0 Å². The molecule has 3 heteroatoms. The number of hydrogen-bond acceptors (Lipinski definition) is 2. The van der Waals surface area contributed by atoms with Gasteiger partial charge in [-0.1, -0.05) is 25.0 Å². The predicted octanol–water partition coefficient (Wildman–Crippen LogP) is 3.47. The summed E-state index contributed by atoms with van der Waals surface area (Å²) in [6.45, 7) is 2.25. The van der Waals surface area contributed by atoms with E-state index in [1.807, 2.05) is 17.1 Å². The maximum absolute atomic E-state index is 4.08. The molecule has 3 rings (SSSR count). The van der Waals surface area contributed by atoms with E-state index in [9.17, 15) is 0 Å². The summed E-state index contributed by atoms with van der Waals surface area (Å²) >= 11 is 0. The van der Waals surface area contributed by atoms with Gasteiger partial charge in [0.05, 0.1) is 6.33 Å². The van der Waals surface area contributed by atoms with Gasteiger partial charge in [-0.25, -0.2) is 4.98 Å². The summed E-state index contributed by atoms with van der Waals surface area (Å²) in [6, 6.07) is 9.88. The summed E-state index contributed by atoms with van der Waals surface area (Å²) in [7, 11) is 0. The Morgan fingerprint density at radius 1 is 1.21 bits per heavy atom. The normalized spacial score (nSPS) is 17.7. The van der Waals surface area contributed by atoms with E-state index in [1.54, 1.807) is 6.20 Å². The van der Waals surface area contributed by atoms with E-state index in [1.165, 1.54) is 31.2 Å². The molecule has 1 saturated carbocycles. The van der Waals surface area contributed by atoms with Crippen LogP contribution in [0, 0.1) is 0 Å². The van der Waals surface area contributed by atoms with Crippen LogP contribution in [-0.4, -0.2) is 15.6 Å². The second-order valence-electron chi connectivity index (χ2n) is 5.43. The van der Waals surface area contributed by atoms with E-state index < -0.39 is 0 Å². The highest BCUT2D eigenvalue weighted by atomic mass is 15.0. The third-order valence-corrected chi connectivity index (χ3v) is 4.04. The average Bonchev–Trinajstić information content (AvgIpc) is 3.12. The molecule has 3 nitrogen and oxygen atoms in total. The number of benzene rings is 1. The molecule has 1 aromatic carbocycles. The molecule has 1 heterocycles. The van der Waals surface area contributed by atoms with Gasteiger partial charge in [0.15, 0.2) is 0 Å². The number of hydrogen-bond donors (Lipinski definition) is 1. The summed E-state index contributed by atoms with van der Waals surface area (Å²) in [4.78, 5) is 4.08. The van der Waals surface area contributed by atoms with Crippen molar-refractivity contribution in [1.82, 2.24) is 14.9 Å². The molecule has 2 aromatic rings. The lowest BCUT2D eigenvalue weighted by molar-refractivity contribution is 0.461. The van der Waals surface area contributed by atoms with Crippen LogP contribution in [0.1, 0.15) is 44.2 Å². The zero-order chi connectivity index (χ0) is 13.1. The van der Waals surface area contributed by atoms with Crippen molar-refractivity contribution < 1.29 is 0 Å². The molecule has 0 aliphatic heterocycles. The molecule has 1 unspecified atom stereocenters. The fraction of sp³-hybridized carbons (Fsp3) is 0.438. The monoisotopic (exact) mass is 255 g/mol. The molecular weight excluding hydrogens is 234 g/mol. The van der Waals surface area contributed by atoms with Gasteiger partial charge in [0, 0.05) is 30.2 Å². The first-order chi connectivity index (χ1) is 9.33. The van der Waals surface area contributed by atoms with Gasteiger partial charge >= 0.3 is 0 Å². The van der Waals surface area contributed by atoms with E-state index in [4.69, 9.17) is 0 Å². The molecule has 19 heavy (non-hydrogen) atoms. The van der Waals surface area contributed by atoms with E-state index >= 15 is 0 Å². The van der Waals surface area contributed by atoms with E-state index in [2.05, 4.69) is 41.5 Å². The summed E-state index contributed by atoms with van der Waals surface area (Å²) in [6.07, 6.45) is 11.0. The molecule has 0 saturated heterocycles. The maximum Gasteiger partial charge on any atom is 0.0991 e. The van der Waals surface area contributed by atoms with Crippen LogP contribution in [0.2, 0.25) is 0 Å². The molecule has 1 aliphatic carbocycles. The first-order valence-corrected chi connectivity index (χ1v) is 7.17. The van der Waals surface area contributed by atoms with Crippen LogP contribution in [0.4, 0.5) is 0 Å². The zero-order valence-corrected chi connectivity index (χ0v) is 11.4. The highest BCUT2D eigenvalue weighted by Gasteiger charge is 2.17. The van der Waals surface area contributed by atoms with Crippen molar-refractivity contribution in [2.75, 3.05) is 0 Å². The Balaban J connectivity index is 1.67. The highest BCUT2D eigenvalue weighted by Crippen LogP contribution is 2.22. The predicted molar refractivity (Wildman–Crippen MR) is 77.4 cm³/mol. The van der Waals surface area contributed by atoms with E-state index in [0.717, 1.165) is 5.69 Å². The standard InChI is InChI=1S/C16H21N3/c1-13(18-15-4-2-3-5-15)14-6-8-16(9-7-14)19-11-10-17-12-19/h6-13,15,18H,2-5H2,1H3. The second kappa shape index (κ2) is 5.57. The summed E-state index contributed by atoms with van der Waals surface area (Å²) in [5.41, 5.74) is 2.52. The lowest BCUT2D eigenvalue weighted by Gasteiger charge is -2.19. The van der Waals surface area contributed by atoms with Gasteiger partial charge in [-0.3, -0.25) is 0 Å². The molecule has 1 N–H and O–H groups in total. The number of nitrogens with zero attached hydrogens (tertiary/aromatic N) is 2. The smallest absolute Gasteiger partial charge is 0.0991 e. The van der Waals surface area contributed by atoms with E-state index in [0.29, 0.717) is 12.1 Å². The molecule has 0 radical (unpaired) electrons. The Morgan fingerprint density at radius 2 is 1.95 bits per heavy atom. The van der Waals surface area contributed by atoms with Crippen LogP contribution in [0.5, 0.6) is 0 Å². The van der Waals surface area contributed by atoms with Crippen molar-refractivity contribution in [3.05, 3.63) is 48.5 Å². The van der Waals surface area contributed by atoms with Gasteiger partial charge in [-0.2, -0.15) is 0 Å². The largest absolute Gasteiger partial charge is 0.307 e. The van der Waals surface area contributed by atoms with Crippen LogP contribution in [-0.2, 0) is 0 Å². The molecule has 0 bridgehead atoms. The quantitative estimate of drug-likeness (QED) is 0.906. The molecule has 0 spiro atoms. The molecular formula is C16H21N3. The Kier molecular flexibility index (Phi) is 3.65. The van der Waals surface area contributed by atoms with Gasteiger partial charge in [0.2, 0.25) is 0 Å². The van der Waals surface area contributed by atoms with Crippen LogP contribution in [0.15, 0.2) is 43.0 Å². The Hall–Kier alpha value is -1.61. The van der Waals surface area contributed by atoms with Crippen LogP contribution in [0.25, 0.3) is 5.69 Å². The number of aromatic nitrogens is 2. The van der Waals surface area contributed by atoms with Crippen LogP contribution in [0.3, 0.4) is 0 Å². The van der Waals surface area contributed by atoms with Crippen molar-refractivity contribution in [2.45, 2.75) is 44.7 Å². The fourth-order valence-corrected chi connectivity index (χ4v) is 2.89. The Bertz CT molecular complexity index is 495. The molecule has 100 valence electrons. The lowest BCUT2D eigenvalue weighted by atomic mass is 10.1. The van der Waals surface area contributed by atoms with Gasteiger partial charge in [0.25, 0.3) is 0 Å². The SMILES string of the molecule is CC(NC1CCCC1)c1ccc(-n2ccnc2)cc1. The minimum Gasteiger partial charge on any atom is -0.307 e. The third kappa shape index (κ3) is 2.87. The van der Waals surface area contributed by atoms with Crippen LogP contribution < -0.4 is 5.32 Å². The minimum atomic E-state index is 0.430. The maximum atomic E-state index is 4.08. The minimum absolute atomic E-state index is 0.430. The second-order valence-corrected chi connectivity index (χ2v) is 5.43. The molecule has 1 aromatic heterocycles. The molecule has 0 amide bonds. The summed E-state index contributed by atoms with van der Waals surface area (Å²) in [5, 5.41) is 3.73. The van der Waals surface area contributed by atoms with Crippen molar-refractivity contribution in [3.8, 4) is 5.69 Å².